The predicted molar refractivity (Wildman–Crippen MR) is 99.8 cm³/mol. The number of halogens is 1. The van der Waals surface area contributed by atoms with Gasteiger partial charge in [0.25, 0.3) is 5.89 Å². The standard InChI is InChI=1S/C18H20ClN5O/c1-20-10-3-11-24(2)16-9-6-14(12-21-16)18-22-17(23-25-18)13-4-7-15(19)8-5-13/h4-9,12,20H,3,10-11H2,1-2H3. The van der Waals surface area contributed by atoms with Crippen LogP contribution >= 0.6 is 11.6 Å². The molecule has 0 unspecified atom stereocenters. The molecule has 0 aliphatic rings. The number of hydrogen-bond acceptors (Lipinski definition) is 6. The van der Waals surface area contributed by atoms with E-state index in [0.29, 0.717) is 16.7 Å². The Hall–Kier alpha value is -2.44. The Bertz CT molecular complexity index is 801. The molecule has 0 saturated heterocycles. The summed E-state index contributed by atoms with van der Waals surface area (Å²) in [5, 5.41) is 7.84. The van der Waals surface area contributed by atoms with Gasteiger partial charge in [-0.2, -0.15) is 4.98 Å². The van der Waals surface area contributed by atoms with Crippen molar-refractivity contribution in [2.75, 3.05) is 32.1 Å². The predicted octanol–water partition coefficient (Wildman–Crippen LogP) is 3.50. The molecule has 0 spiro atoms. The molecule has 3 aromatic rings. The first kappa shape index (κ1) is 17.4. The molecule has 6 nitrogen and oxygen atoms in total. The Morgan fingerprint density at radius 3 is 2.56 bits per heavy atom. The number of rotatable bonds is 7. The average molecular weight is 358 g/mol. The maximum atomic E-state index is 5.90. The van der Waals surface area contributed by atoms with Crippen LogP contribution in [-0.2, 0) is 0 Å². The Kier molecular flexibility index (Phi) is 5.63. The summed E-state index contributed by atoms with van der Waals surface area (Å²) in [6.07, 6.45) is 2.81. The highest BCUT2D eigenvalue weighted by Crippen LogP contribution is 2.24. The third-order valence-electron chi connectivity index (χ3n) is 3.83. The fraction of sp³-hybridized carbons (Fsp3) is 0.278. The van der Waals surface area contributed by atoms with E-state index in [-0.39, 0.29) is 0 Å². The van der Waals surface area contributed by atoms with E-state index in [1.54, 1.807) is 18.3 Å². The second kappa shape index (κ2) is 8.09. The molecule has 2 heterocycles. The quantitative estimate of drug-likeness (QED) is 0.653. The molecule has 0 atom stereocenters. The normalized spacial score (nSPS) is 10.8. The average Bonchev–Trinajstić information content (AvgIpc) is 3.13. The highest BCUT2D eigenvalue weighted by atomic mass is 35.5. The first-order chi connectivity index (χ1) is 12.2. The van der Waals surface area contributed by atoms with Gasteiger partial charge >= 0.3 is 0 Å². The maximum absolute atomic E-state index is 5.90. The van der Waals surface area contributed by atoms with Gasteiger partial charge in [-0.3, -0.25) is 0 Å². The number of benzene rings is 1. The second-order valence-electron chi connectivity index (χ2n) is 5.71. The summed E-state index contributed by atoms with van der Waals surface area (Å²) in [5.74, 6) is 1.89. The monoisotopic (exact) mass is 357 g/mol. The zero-order valence-electron chi connectivity index (χ0n) is 14.2. The molecule has 7 heteroatoms. The van der Waals surface area contributed by atoms with Crippen LogP contribution in [-0.4, -0.2) is 42.3 Å². The molecule has 130 valence electrons. The second-order valence-corrected chi connectivity index (χ2v) is 6.15. The Morgan fingerprint density at radius 2 is 1.88 bits per heavy atom. The highest BCUT2D eigenvalue weighted by Gasteiger charge is 2.11. The molecule has 1 N–H and O–H groups in total. The van der Waals surface area contributed by atoms with Crippen molar-refractivity contribution in [3.05, 3.63) is 47.6 Å². The first-order valence-electron chi connectivity index (χ1n) is 8.09. The lowest BCUT2D eigenvalue weighted by molar-refractivity contribution is 0.432. The van der Waals surface area contributed by atoms with E-state index in [4.69, 9.17) is 16.1 Å². The van der Waals surface area contributed by atoms with Crippen LogP contribution in [0, 0.1) is 0 Å². The molecule has 0 bridgehead atoms. The van der Waals surface area contributed by atoms with Crippen molar-refractivity contribution in [3.63, 3.8) is 0 Å². The van der Waals surface area contributed by atoms with Gasteiger partial charge in [-0.1, -0.05) is 16.8 Å². The van der Waals surface area contributed by atoms with Crippen molar-refractivity contribution in [3.8, 4) is 22.8 Å². The van der Waals surface area contributed by atoms with E-state index >= 15 is 0 Å². The number of anilines is 1. The summed E-state index contributed by atoms with van der Waals surface area (Å²) in [6, 6.07) is 11.2. The number of aromatic nitrogens is 3. The molecular weight excluding hydrogens is 338 g/mol. The van der Waals surface area contributed by atoms with Gasteiger partial charge in [-0.05, 0) is 56.4 Å². The summed E-state index contributed by atoms with van der Waals surface area (Å²) in [7, 11) is 3.98. The van der Waals surface area contributed by atoms with E-state index in [1.807, 2.05) is 38.4 Å². The van der Waals surface area contributed by atoms with Gasteiger partial charge in [0.2, 0.25) is 5.82 Å². The van der Waals surface area contributed by atoms with Crippen LogP contribution in [0.25, 0.3) is 22.8 Å². The van der Waals surface area contributed by atoms with Crippen molar-refractivity contribution < 1.29 is 4.52 Å². The molecule has 1 aromatic carbocycles. The van der Waals surface area contributed by atoms with Crippen LogP contribution in [0.4, 0.5) is 5.82 Å². The minimum Gasteiger partial charge on any atom is -0.360 e. The molecule has 0 aliphatic carbocycles. The fourth-order valence-corrected chi connectivity index (χ4v) is 2.53. The van der Waals surface area contributed by atoms with Crippen LogP contribution in [0.2, 0.25) is 5.02 Å². The van der Waals surface area contributed by atoms with Gasteiger partial charge in [0.1, 0.15) is 5.82 Å². The number of nitrogens with one attached hydrogen (secondary N) is 1. The van der Waals surface area contributed by atoms with Gasteiger partial charge in [-0.15, -0.1) is 0 Å². The molecule has 0 radical (unpaired) electrons. The minimum absolute atomic E-state index is 0.446. The molecule has 0 aliphatic heterocycles. The van der Waals surface area contributed by atoms with Gasteiger partial charge in [0, 0.05) is 30.4 Å². The van der Waals surface area contributed by atoms with Crippen molar-refractivity contribution >= 4 is 17.4 Å². The highest BCUT2D eigenvalue weighted by molar-refractivity contribution is 6.30. The molecule has 25 heavy (non-hydrogen) atoms. The fourth-order valence-electron chi connectivity index (χ4n) is 2.40. The van der Waals surface area contributed by atoms with E-state index in [0.717, 1.165) is 36.5 Å². The zero-order valence-corrected chi connectivity index (χ0v) is 15.0. The zero-order chi connectivity index (χ0) is 17.6. The first-order valence-corrected chi connectivity index (χ1v) is 8.47. The number of hydrogen-bond donors (Lipinski definition) is 1. The van der Waals surface area contributed by atoms with Crippen LogP contribution < -0.4 is 10.2 Å². The summed E-state index contributed by atoms with van der Waals surface area (Å²) in [5.41, 5.74) is 1.65. The SMILES string of the molecule is CNCCCN(C)c1ccc(-c2nc(-c3ccc(Cl)cc3)no2)cn1. The smallest absolute Gasteiger partial charge is 0.259 e. The van der Waals surface area contributed by atoms with Crippen LogP contribution in [0.1, 0.15) is 6.42 Å². The maximum Gasteiger partial charge on any atom is 0.259 e. The third kappa shape index (κ3) is 4.35. The Balaban J connectivity index is 1.71. The van der Waals surface area contributed by atoms with E-state index in [1.165, 1.54) is 0 Å². The van der Waals surface area contributed by atoms with Crippen molar-refractivity contribution in [2.24, 2.45) is 0 Å². The van der Waals surface area contributed by atoms with Gasteiger partial charge in [-0.25, -0.2) is 4.98 Å². The van der Waals surface area contributed by atoms with Crippen molar-refractivity contribution in [2.45, 2.75) is 6.42 Å². The number of pyridine rings is 1. The summed E-state index contributed by atoms with van der Waals surface area (Å²) in [4.78, 5) is 11.0. The molecule has 3 rings (SSSR count). The number of nitrogens with zero attached hydrogens (tertiary/aromatic N) is 4. The van der Waals surface area contributed by atoms with Crippen LogP contribution in [0.15, 0.2) is 47.1 Å². The van der Waals surface area contributed by atoms with Crippen LogP contribution in [0.3, 0.4) is 0 Å². The minimum atomic E-state index is 0.446. The van der Waals surface area contributed by atoms with Crippen molar-refractivity contribution in [1.29, 1.82) is 0 Å². The van der Waals surface area contributed by atoms with Crippen LogP contribution in [0.5, 0.6) is 0 Å². The topological polar surface area (TPSA) is 67.1 Å². The van der Waals surface area contributed by atoms with Gasteiger partial charge in [0.15, 0.2) is 0 Å². The van der Waals surface area contributed by atoms with E-state index in [9.17, 15) is 0 Å². The van der Waals surface area contributed by atoms with Gasteiger partial charge < -0.3 is 14.7 Å². The summed E-state index contributed by atoms with van der Waals surface area (Å²) >= 11 is 5.90. The summed E-state index contributed by atoms with van der Waals surface area (Å²) in [6.45, 7) is 1.92. The van der Waals surface area contributed by atoms with E-state index < -0.39 is 0 Å². The van der Waals surface area contributed by atoms with Gasteiger partial charge in [0.05, 0.1) is 5.56 Å². The van der Waals surface area contributed by atoms with Crippen molar-refractivity contribution in [1.82, 2.24) is 20.4 Å². The lowest BCUT2D eigenvalue weighted by Gasteiger charge is -2.17. The molecule has 0 saturated carbocycles. The molecule has 2 aromatic heterocycles. The third-order valence-corrected chi connectivity index (χ3v) is 4.09. The lowest BCUT2D eigenvalue weighted by Crippen LogP contribution is -2.22. The molecular formula is C18H20ClN5O. The largest absolute Gasteiger partial charge is 0.360 e. The Labute approximate surface area is 151 Å². The Morgan fingerprint density at radius 1 is 1.12 bits per heavy atom. The lowest BCUT2D eigenvalue weighted by atomic mass is 10.2. The molecule has 0 fully saturated rings. The molecule has 0 amide bonds. The van der Waals surface area contributed by atoms with E-state index in [2.05, 4.69) is 25.3 Å². The summed E-state index contributed by atoms with van der Waals surface area (Å²) < 4.78 is 5.36.